The Morgan fingerprint density at radius 3 is 2.83 bits per heavy atom. The Morgan fingerprint density at radius 1 is 1.22 bits per heavy atom. The minimum Gasteiger partial charge on any atom is -0.348 e. The first kappa shape index (κ1) is 13.6. The summed E-state index contributed by atoms with van der Waals surface area (Å²) in [4.78, 5) is 25.4. The van der Waals surface area contributed by atoms with Gasteiger partial charge in [0.2, 0.25) is 0 Å². The summed E-state index contributed by atoms with van der Waals surface area (Å²) in [7, 11) is 0. The maximum absolute atomic E-state index is 11.9. The maximum Gasteiger partial charge on any atom is 0.321 e. The molecule has 23 heavy (non-hydrogen) atoms. The molecule has 7 nitrogen and oxygen atoms in total. The highest BCUT2D eigenvalue weighted by molar-refractivity contribution is 5.94. The van der Waals surface area contributed by atoms with Crippen LogP contribution in [-0.4, -0.2) is 38.6 Å². The molecular formula is C16H16N6O. The van der Waals surface area contributed by atoms with E-state index in [4.69, 9.17) is 0 Å². The normalized spacial score (nSPS) is 14.3. The lowest BCUT2D eigenvalue weighted by atomic mass is 10.2. The summed E-state index contributed by atoms with van der Waals surface area (Å²) in [6.45, 7) is 3.32. The first-order valence-corrected chi connectivity index (χ1v) is 7.43. The predicted molar refractivity (Wildman–Crippen MR) is 86.6 cm³/mol. The Balaban J connectivity index is 1.76. The number of nitrogens with zero attached hydrogens (tertiary/aromatic N) is 4. The van der Waals surface area contributed by atoms with Crippen molar-refractivity contribution in [1.82, 2.24) is 24.8 Å². The van der Waals surface area contributed by atoms with Gasteiger partial charge in [0.1, 0.15) is 5.69 Å². The highest BCUT2D eigenvalue weighted by Crippen LogP contribution is 2.25. The van der Waals surface area contributed by atoms with E-state index in [1.165, 1.54) is 0 Å². The average molecular weight is 308 g/mol. The van der Waals surface area contributed by atoms with Gasteiger partial charge in [-0.15, -0.1) is 0 Å². The van der Waals surface area contributed by atoms with Crippen molar-refractivity contribution in [3.63, 3.8) is 0 Å². The Labute approximate surface area is 133 Å². The minimum atomic E-state index is -0.0591. The summed E-state index contributed by atoms with van der Waals surface area (Å²) in [5, 5.41) is 2.82. The lowest BCUT2D eigenvalue weighted by Gasteiger charge is -2.16. The molecule has 2 amide bonds. The monoisotopic (exact) mass is 308 g/mol. The van der Waals surface area contributed by atoms with Crippen LogP contribution in [0.3, 0.4) is 0 Å². The Morgan fingerprint density at radius 2 is 2.09 bits per heavy atom. The van der Waals surface area contributed by atoms with E-state index in [0.29, 0.717) is 13.1 Å². The number of hydrogen-bond acceptors (Lipinski definition) is 3. The molecular weight excluding hydrogens is 292 g/mol. The SMILES string of the molecule is Cc1[nH]cnc1-c1nccn1-c1cccc(N2CCNC2=O)c1. The van der Waals surface area contributed by atoms with Crippen LogP contribution < -0.4 is 10.2 Å². The van der Waals surface area contributed by atoms with Gasteiger partial charge in [-0.3, -0.25) is 9.47 Å². The van der Waals surface area contributed by atoms with E-state index in [1.807, 2.05) is 42.0 Å². The molecule has 1 fully saturated rings. The topological polar surface area (TPSA) is 78.8 Å². The van der Waals surface area contributed by atoms with Crippen molar-refractivity contribution in [3.05, 3.63) is 48.7 Å². The van der Waals surface area contributed by atoms with E-state index in [0.717, 1.165) is 28.6 Å². The molecule has 2 N–H and O–H groups in total. The summed E-state index contributed by atoms with van der Waals surface area (Å²) in [6.07, 6.45) is 5.31. The molecule has 0 saturated carbocycles. The van der Waals surface area contributed by atoms with Crippen molar-refractivity contribution in [3.8, 4) is 17.2 Å². The molecule has 1 saturated heterocycles. The number of nitrogens with one attached hydrogen (secondary N) is 2. The van der Waals surface area contributed by atoms with Crippen molar-refractivity contribution in [1.29, 1.82) is 0 Å². The van der Waals surface area contributed by atoms with Crippen LogP contribution in [0.25, 0.3) is 17.2 Å². The molecule has 0 atom stereocenters. The van der Waals surface area contributed by atoms with E-state index in [9.17, 15) is 4.79 Å². The molecule has 2 aromatic heterocycles. The molecule has 3 heterocycles. The van der Waals surface area contributed by atoms with Crippen LogP contribution in [0.5, 0.6) is 0 Å². The zero-order chi connectivity index (χ0) is 15.8. The van der Waals surface area contributed by atoms with Crippen LogP contribution in [0, 0.1) is 6.92 Å². The van der Waals surface area contributed by atoms with Crippen molar-refractivity contribution >= 4 is 11.7 Å². The van der Waals surface area contributed by atoms with E-state index < -0.39 is 0 Å². The van der Waals surface area contributed by atoms with Crippen LogP contribution in [0.15, 0.2) is 43.0 Å². The number of imidazole rings is 2. The van der Waals surface area contributed by atoms with Gasteiger partial charge in [0.05, 0.1) is 6.33 Å². The number of benzene rings is 1. The third-order valence-electron chi connectivity index (χ3n) is 3.96. The maximum atomic E-state index is 11.9. The summed E-state index contributed by atoms with van der Waals surface area (Å²) in [6, 6.07) is 7.79. The van der Waals surface area contributed by atoms with E-state index in [1.54, 1.807) is 17.4 Å². The van der Waals surface area contributed by atoms with Gasteiger partial charge in [-0.2, -0.15) is 0 Å². The Kier molecular flexibility index (Phi) is 3.11. The van der Waals surface area contributed by atoms with Crippen molar-refractivity contribution in [2.75, 3.05) is 18.0 Å². The molecule has 1 aliphatic rings. The fraction of sp³-hybridized carbons (Fsp3) is 0.188. The predicted octanol–water partition coefficient (Wildman–Crippen LogP) is 2.10. The molecule has 0 aliphatic carbocycles. The lowest BCUT2D eigenvalue weighted by Crippen LogP contribution is -2.27. The summed E-state index contributed by atoms with van der Waals surface area (Å²) < 4.78 is 1.97. The summed E-state index contributed by atoms with van der Waals surface area (Å²) in [5.41, 5.74) is 3.60. The molecule has 0 bridgehead atoms. The fourth-order valence-corrected chi connectivity index (χ4v) is 2.80. The first-order valence-electron chi connectivity index (χ1n) is 7.43. The fourth-order valence-electron chi connectivity index (χ4n) is 2.80. The van der Waals surface area contributed by atoms with Crippen molar-refractivity contribution < 1.29 is 4.79 Å². The number of urea groups is 1. The zero-order valence-corrected chi connectivity index (χ0v) is 12.7. The number of aromatic nitrogens is 4. The molecule has 0 spiro atoms. The highest BCUT2D eigenvalue weighted by Gasteiger charge is 2.21. The smallest absolute Gasteiger partial charge is 0.321 e. The Hall–Kier alpha value is -3.09. The van der Waals surface area contributed by atoms with E-state index >= 15 is 0 Å². The third-order valence-corrected chi connectivity index (χ3v) is 3.96. The molecule has 116 valence electrons. The van der Waals surface area contributed by atoms with Gasteiger partial charge >= 0.3 is 6.03 Å². The number of anilines is 1. The molecule has 3 aromatic rings. The Bertz CT molecular complexity index is 865. The second-order valence-corrected chi connectivity index (χ2v) is 5.40. The first-order chi connectivity index (χ1) is 11.2. The van der Waals surface area contributed by atoms with Gasteiger partial charge in [0, 0.05) is 42.6 Å². The van der Waals surface area contributed by atoms with E-state index in [2.05, 4.69) is 20.3 Å². The lowest BCUT2D eigenvalue weighted by molar-refractivity contribution is 0.252. The van der Waals surface area contributed by atoms with Crippen molar-refractivity contribution in [2.24, 2.45) is 0 Å². The quantitative estimate of drug-likeness (QED) is 0.777. The van der Waals surface area contributed by atoms with E-state index in [-0.39, 0.29) is 6.03 Å². The number of aryl methyl sites for hydroxylation is 1. The number of carbonyl (C=O) groups is 1. The molecule has 4 rings (SSSR count). The van der Waals surface area contributed by atoms with Gasteiger partial charge in [-0.1, -0.05) is 6.07 Å². The second kappa shape index (κ2) is 5.28. The molecule has 1 aromatic carbocycles. The number of hydrogen-bond donors (Lipinski definition) is 2. The number of carbonyl (C=O) groups excluding carboxylic acids is 1. The second-order valence-electron chi connectivity index (χ2n) is 5.40. The molecule has 0 unspecified atom stereocenters. The van der Waals surface area contributed by atoms with Crippen LogP contribution >= 0.6 is 0 Å². The van der Waals surface area contributed by atoms with Crippen LogP contribution in [0.4, 0.5) is 10.5 Å². The number of aromatic amines is 1. The zero-order valence-electron chi connectivity index (χ0n) is 12.7. The average Bonchev–Trinajstić information content (AvgIpc) is 3.27. The number of H-pyrrole nitrogens is 1. The van der Waals surface area contributed by atoms with Crippen LogP contribution in [0.2, 0.25) is 0 Å². The standard InChI is InChI=1S/C16H16N6O/c1-11-14(20-10-19-11)15-17-5-7-21(15)12-3-2-4-13(9-12)22-8-6-18-16(22)23/h2-5,7,9-10H,6,8H2,1H3,(H,18,23)(H,19,20). The van der Waals surface area contributed by atoms with Crippen LogP contribution in [0.1, 0.15) is 5.69 Å². The van der Waals surface area contributed by atoms with Gasteiger partial charge < -0.3 is 10.3 Å². The van der Waals surface area contributed by atoms with Gasteiger partial charge in [-0.25, -0.2) is 14.8 Å². The summed E-state index contributed by atoms with van der Waals surface area (Å²) >= 11 is 0. The highest BCUT2D eigenvalue weighted by atomic mass is 16.2. The van der Waals surface area contributed by atoms with Crippen molar-refractivity contribution in [2.45, 2.75) is 6.92 Å². The molecule has 1 aliphatic heterocycles. The van der Waals surface area contributed by atoms with Gasteiger partial charge in [-0.05, 0) is 25.1 Å². The molecule has 0 radical (unpaired) electrons. The summed E-state index contributed by atoms with van der Waals surface area (Å²) in [5.74, 6) is 0.770. The minimum absolute atomic E-state index is 0.0591. The van der Waals surface area contributed by atoms with Gasteiger partial charge in [0.25, 0.3) is 0 Å². The number of amides is 2. The third kappa shape index (κ3) is 2.26. The van der Waals surface area contributed by atoms with Crippen LogP contribution in [-0.2, 0) is 0 Å². The molecule has 7 heteroatoms. The largest absolute Gasteiger partial charge is 0.348 e. The van der Waals surface area contributed by atoms with Gasteiger partial charge in [0.15, 0.2) is 5.82 Å². The number of rotatable bonds is 3.